The Kier molecular flexibility index (Phi) is 36.9. The summed E-state index contributed by atoms with van der Waals surface area (Å²) in [4.78, 5) is 35.5. The zero-order chi connectivity index (χ0) is 35.2. The van der Waals surface area contributed by atoms with Crippen molar-refractivity contribution in [1.82, 2.24) is 10.6 Å². The molecule has 0 bridgehead atoms. The van der Waals surface area contributed by atoms with E-state index < -0.39 is 6.10 Å². The zero-order valence-corrected chi connectivity index (χ0v) is 31.9. The molecule has 48 heavy (non-hydrogen) atoms. The normalized spacial score (nSPS) is 11.8. The Labute approximate surface area is 297 Å². The van der Waals surface area contributed by atoms with Gasteiger partial charge in [0.05, 0.1) is 12.7 Å². The van der Waals surface area contributed by atoms with Crippen LogP contribution in [0.1, 0.15) is 219 Å². The minimum Gasteiger partial charge on any atom is -0.466 e. The molecule has 0 aromatic heterocycles. The lowest BCUT2D eigenvalue weighted by atomic mass is 10.0. The fraction of sp³-hybridized carbons (Fsp3) is 0.927. The summed E-state index contributed by atoms with van der Waals surface area (Å²) >= 11 is 0. The fourth-order valence-electron chi connectivity index (χ4n) is 6.16. The monoisotopic (exact) mass is 681 g/mol. The SMILES string of the molecule is CCCCCCCCCCCCCCCCCC(=O)NCC(O)CNC(=O)CCCCCCCCCCCCCCCOC(=O)CCC. The summed E-state index contributed by atoms with van der Waals surface area (Å²) in [5.41, 5.74) is 0. The standard InChI is InChI=1S/C41H80N2O5/c1-3-5-6-7-8-9-10-11-12-14-17-20-23-26-29-33-39(45)42-36-38(44)37-43-40(46)34-30-27-24-21-18-15-13-16-19-22-25-28-31-35-48-41(47)32-4-2/h38,44H,3-37H2,1-2H3,(H,42,45)(H,43,46). The van der Waals surface area contributed by atoms with Crippen molar-refractivity contribution in [2.45, 2.75) is 225 Å². The van der Waals surface area contributed by atoms with Crippen LogP contribution in [0.2, 0.25) is 0 Å². The van der Waals surface area contributed by atoms with E-state index in [4.69, 9.17) is 4.74 Å². The first-order valence-corrected chi connectivity index (χ1v) is 20.9. The van der Waals surface area contributed by atoms with E-state index in [1.807, 2.05) is 6.92 Å². The highest BCUT2D eigenvalue weighted by Crippen LogP contribution is 2.15. The number of carbonyl (C=O) groups excluding carboxylic acids is 3. The highest BCUT2D eigenvalue weighted by molar-refractivity contribution is 5.76. The number of rotatable bonds is 38. The lowest BCUT2D eigenvalue weighted by Crippen LogP contribution is -2.39. The maximum absolute atomic E-state index is 12.1. The summed E-state index contributed by atoms with van der Waals surface area (Å²) in [6, 6.07) is 0. The molecule has 0 aromatic carbocycles. The Hall–Kier alpha value is -1.63. The number of hydrogen-bond donors (Lipinski definition) is 3. The zero-order valence-electron chi connectivity index (χ0n) is 31.9. The summed E-state index contributed by atoms with van der Waals surface area (Å²) in [5, 5.41) is 15.8. The summed E-state index contributed by atoms with van der Waals surface area (Å²) in [6.07, 6.45) is 36.7. The first kappa shape index (κ1) is 46.4. The fourth-order valence-corrected chi connectivity index (χ4v) is 6.16. The Morgan fingerprint density at radius 3 is 1.08 bits per heavy atom. The minimum atomic E-state index is -0.749. The molecular weight excluding hydrogens is 600 g/mol. The van der Waals surface area contributed by atoms with Gasteiger partial charge < -0.3 is 20.5 Å². The summed E-state index contributed by atoms with van der Waals surface area (Å²) in [6.45, 7) is 5.22. The molecule has 1 atom stereocenters. The second-order valence-electron chi connectivity index (χ2n) is 14.3. The van der Waals surface area contributed by atoms with Crippen LogP contribution in [0, 0.1) is 0 Å². The molecule has 0 spiro atoms. The molecule has 284 valence electrons. The second-order valence-corrected chi connectivity index (χ2v) is 14.3. The van der Waals surface area contributed by atoms with Gasteiger partial charge in [0.2, 0.25) is 11.8 Å². The molecular formula is C41H80N2O5. The number of hydrogen-bond acceptors (Lipinski definition) is 5. The molecule has 0 rings (SSSR count). The number of esters is 1. The smallest absolute Gasteiger partial charge is 0.305 e. The maximum Gasteiger partial charge on any atom is 0.305 e. The molecule has 2 amide bonds. The Bertz CT molecular complexity index is 717. The molecule has 0 aliphatic rings. The molecule has 0 aromatic rings. The molecule has 7 nitrogen and oxygen atoms in total. The van der Waals surface area contributed by atoms with Gasteiger partial charge in [-0.2, -0.15) is 0 Å². The summed E-state index contributed by atoms with van der Waals surface area (Å²) < 4.78 is 5.19. The van der Waals surface area contributed by atoms with Crippen molar-refractivity contribution in [1.29, 1.82) is 0 Å². The quantitative estimate of drug-likeness (QED) is 0.0445. The topological polar surface area (TPSA) is 105 Å². The van der Waals surface area contributed by atoms with E-state index in [2.05, 4.69) is 17.6 Å². The molecule has 1 unspecified atom stereocenters. The summed E-state index contributed by atoms with van der Waals surface area (Å²) in [7, 11) is 0. The van der Waals surface area contributed by atoms with E-state index in [1.54, 1.807) is 0 Å². The largest absolute Gasteiger partial charge is 0.466 e. The number of aliphatic hydroxyl groups excluding tert-OH is 1. The molecule has 3 N–H and O–H groups in total. The number of amides is 2. The predicted molar refractivity (Wildman–Crippen MR) is 202 cm³/mol. The van der Waals surface area contributed by atoms with Gasteiger partial charge in [-0.15, -0.1) is 0 Å². The molecule has 0 saturated heterocycles. The van der Waals surface area contributed by atoms with E-state index in [9.17, 15) is 19.5 Å². The van der Waals surface area contributed by atoms with Crippen LogP contribution in [-0.2, 0) is 19.1 Å². The van der Waals surface area contributed by atoms with Crippen molar-refractivity contribution in [2.24, 2.45) is 0 Å². The minimum absolute atomic E-state index is 0.00902. The molecule has 0 aliphatic carbocycles. The molecule has 0 saturated carbocycles. The van der Waals surface area contributed by atoms with Crippen molar-refractivity contribution in [3.63, 3.8) is 0 Å². The first-order chi connectivity index (χ1) is 23.5. The van der Waals surface area contributed by atoms with E-state index in [1.165, 1.54) is 141 Å². The number of unbranched alkanes of at least 4 members (excludes halogenated alkanes) is 26. The van der Waals surface area contributed by atoms with Crippen molar-refractivity contribution >= 4 is 17.8 Å². The Morgan fingerprint density at radius 2 is 0.750 bits per heavy atom. The van der Waals surface area contributed by atoms with Crippen LogP contribution in [0.25, 0.3) is 0 Å². The molecule has 0 radical (unpaired) electrons. The lowest BCUT2D eigenvalue weighted by Gasteiger charge is -2.13. The van der Waals surface area contributed by atoms with Crippen LogP contribution in [0.3, 0.4) is 0 Å². The molecule has 7 heteroatoms. The predicted octanol–water partition coefficient (Wildman–Crippen LogP) is 10.6. The van der Waals surface area contributed by atoms with Gasteiger partial charge in [-0.25, -0.2) is 0 Å². The highest BCUT2D eigenvalue weighted by Gasteiger charge is 2.09. The number of carbonyl (C=O) groups is 3. The maximum atomic E-state index is 12.1. The van der Waals surface area contributed by atoms with Gasteiger partial charge >= 0.3 is 5.97 Å². The van der Waals surface area contributed by atoms with Gasteiger partial charge in [-0.3, -0.25) is 14.4 Å². The van der Waals surface area contributed by atoms with Gasteiger partial charge in [-0.1, -0.05) is 174 Å². The Morgan fingerprint density at radius 1 is 0.438 bits per heavy atom. The van der Waals surface area contributed by atoms with E-state index in [-0.39, 0.29) is 30.9 Å². The number of nitrogens with one attached hydrogen (secondary N) is 2. The third-order valence-corrected chi connectivity index (χ3v) is 9.34. The van der Waals surface area contributed by atoms with E-state index >= 15 is 0 Å². The highest BCUT2D eigenvalue weighted by atomic mass is 16.5. The molecule has 0 fully saturated rings. The van der Waals surface area contributed by atoms with Crippen LogP contribution in [-0.4, -0.2) is 48.7 Å². The third-order valence-electron chi connectivity index (χ3n) is 9.34. The van der Waals surface area contributed by atoms with Crippen molar-refractivity contribution in [3.8, 4) is 0 Å². The van der Waals surface area contributed by atoms with Crippen LogP contribution in [0.15, 0.2) is 0 Å². The summed E-state index contributed by atoms with van der Waals surface area (Å²) in [5.74, 6) is -0.0884. The van der Waals surface area contributed by atoms with Crippen molar-refractivity contribution in [2.75, 3.05) is 19.7 Å². The van der Waals surface area contributed by atoms with Gasteiger partial charge in [-0.05, 0) is 25.7 Å². The van der Waals surface area contributed by atoms with Crippen molar-refractivity contribution < 1.29 is 24.2 Å². The van der Waals surface area contributed by atoms with Crippen LogP contribution in [0.4, 0.5) is 0 Å². The van der Waals surface area contributed by atoms with Crippen LogP contribution < -0.4 is 10.6 Å². The first-order valence-electron chi connectivity index (χ1n) is 20.9. The van der Waals surface area contributed by atoms with E-state index in [0.29, 0.717) is 25.9 Å². The third kappa shape index (κ3) is 37.2. The van der Waals surface area contributed by atoms with Gasteiger partial charge in [0.1, 0.15) is 0 Å². The molecule has 0 heterocycles. The average molecular weight is 681 g/mol. The van der Waals surface area contributed by atoms with Crippen molar-refractivity contribution in [3.05, 3.63) is 0 Å². The second kappa shape index (κ2) is 38.2. The number of aliphatic hydroxyl groups is 1. The van der Waals surface area contributed by atoms with Gasteiger partial charge in [0, 0.05) is 32.4 Å². The van der Waals surface area contributed by atoms with Crippen LogP contribution in [0.5, 0.6) is 0 Å². The van der Waals surface area contributed by atoms with Gasteiger partial charge in [0.15, 0.2) is 0 Å². The average Bonchev–Trinajstić information content (AvgIpc) is 3.08. The lowest BCUT2D eigenvalue weighted by molar-refractivity contribution is -0.143. The number of ether oxygens (including phenoxy) is 1. The van der Waals surface area contributed by atoms with Crippen LogP contribution >= 0.6 is 0 Å². The van der Waals surface area contributed by atoms with Gasteiger partial charge in [0.25, 0.3) is 0 Å². The van der Waals surface area contributed by atoms with E-state index in [0.717, 1.165) is 44.9 Å². The Balaban J connectivity index is 3.38. The molecule has 0 aliphatic heterocycles.